The van der Waals surface area contributed by atoms with E-state index in [1.165, 1.54) is 25.1 Å². The first-order chi connectivity index (χ1) is 8.75. The van der Waals surface area contributed by atoms with E-state index in [0.29, 0.717) is 12.5 Å². The van der Waals surface area contributed by atoms with Crippen molar-refractivity contribution in [1.29, 1.82) is 0 Å². The van der Waals surface area contributed by atoms with Gasteiger partial charge in [0, 0.05) is 12.8 Å². The van der Waals surface area contributed by atoms with Crippen LogP contribution in [-0.2, 0) is 4.74 Å². The van der Waals surface area contributed by atoms with Gasteiger partial charge in [-0.2, -0.15) is 0 Å². The molecule has 0 radical (unpaired) electrons. The van der Waals surface area contributed by atoms with Crippen molar-refractivity contribution in [3.8, 4) is 5.75 Å². The Bertz CT molecular complexity index is 459. The largest absolute Gasteiger partial charge is 0.505 e. The molecule has 2 unspecified atom stereocenters. The Labute approximate surface area is 105 Å². The normalized spacial score (nSPS) is 27.1. The standard InChI is InChI=1S/C13H16N2O3/c16-10-2-1-6-14-11(10)13(17)15-9-5-7-18-12(9)8-3-4-8/h1-2,6,8-9,12,16H,3-5,7H2,(H,15,17). The van der Waals surface area contributed by atoms with Crippen LogP contribution in [-0.4, -0.2) is 34.8 Å². The van der Waals surface area contributed by atoms with Crippen LogP contribution in [0.1, 0.15) is 29.8 Å². The average Bonchev–Trinajstić information content (AvgIpc) is 3.11. The van der Waals surface area contributed by atoms with Crippen LogP contribution in [0.2, 0.25) is 0 Å². The Morgan fingerprint density at radius 3 is 3.00 bits per heavy atom. The van der Waals surface area contributed by atoms with Gasteiger partial charge in [-0.15, -0.1) is 0 Å². The zero-order valence-electron chi connectivity index (χ0n) is 10.0. The van der Waals surface area contributed by atoms with E-state index in [2.05, 4.69) is 10.3 Å². The number of pyridine rings is 1. The third-order valence-electron chi connectivity index (χ3n) is 3.54. The van der Waals surface area contributed by atoms with Gasteiger partial charge >= 0.3 is 0 Å². The van der Waals surface area contributed by atoms with Crippen LogP contribution >= 0.6 is 0 Å². The molecule has 2 N–H and O–H groups in total. The molecule has 2 atom stereocenters. The Kier molecular flexibility index (Phi) is 2.91. The lowest BCUT2D eigenvalue weighted by Gasteiger charge is -2.19. The van der Waals surface area contributed by atoms with Crippen LogP contribution in [0.3, 0.4) is 0 Å². The summed E-state index contributed by atoms with van der Waals surface area (Å²) in [5.41, 5.74) is 0.0824. The van der Waals surface area contributed by atoms with Gasteiger partial charge in [-0.05, 0) is 37.3 Å². The van der Waals surface area contributed by atoms with Gasteiger partial charge in [0.05, 0.1) is 12.1 Å². The zero-order valence-corrected chi connectivity index (χ0v) is 10.0. The maximum absolute atomic E-state index is 12.0. The fourth-order valence-corrected chi connectivity index (χ4v) is 2.46. The van der Waals surface area contributed by atoms with Crippen molar-refractivity contribution in [3.63, 3.8) is 0 Å². The third-order valence-corrected chi connectivity index (χ3v) is 3.54. The fourth-order valence-electron chi connectivity index (χ4n) is 2.46. The van der Waals surface area contributed by atoms with Crippen LogP contribution < -0.4 is 5.32 Å². The molecule has 18 heavy (non-hydrogen) atoms. The van der Waals surface area contributed by atoms with E-state index < -0.39 is 0 Å². The summed E-state index contributed by atoms with van der Waals surface area (Å²) in [6.07, 6.45) is 4.84. The van der Waals surface area contributed by atoms with Crippen molar-refractivity contribution < 1.29 is 14.6 Å². The summed E-state index contributed by atoms with van der Waals surface area (Å²) in [7, 11) is 0. The molecule has 2 fully saturated rings. The molecular formula is C13H16N2O3. The first-order valence-corrected chi connectivity index (χ1v) is 6.32. The highest BCUT2D eigenvalue weighted by molar-refractivity contribution is 5.94. The van der Waals surface area contributed by atoms with E-state index in [4.69, 9.17) is 4.74 Å². The number of ether oxygens (including phenoxy) is 1. The molecule has 0 spiro atoms. The molecule has 1 aromatic heterocycles. The number of nitrogens with one attached hydrogen (secondary N) is 1. The Balaban J connectivity index is 1.69. The molecule has 1 saturated heterocycles. The molecule has 1 aromatic rings. The predicted molar refractivity (Wildman–Crippen MR) is 64.2 cm³/mol. The van der Waals surface area contributed by atoms with Crippen molar-refractivity contribution in [2.45, 2.75) is 31.4 Å². The molecule has 96 valence electrons. The molecule has 2 aliphatic rings. The summed E-state index contributed by atoms with van der Waals surface area (Å²) in [6.45, 7) is 0.695. The number of nitrogens with zero attached hydrogens (tertiary/aromatic N) is 1. The second-order valence-electron chi connectivity index (χ2n) is 4.91. The van der Waals surface area contributed by atoms with E-state index in [1.807, 2.05) is 0 Å². The Morgan fingerprint density at radius 1 is 1.44 bits per heavy atom. The zero-order chi connectivity index (χ0) is 12.5. The van der Waals surface area contributed by atoms with Gasteiger partial charge in [0.25, 0.3) is 5.91 Å². The van der Waals surface area contributed by atoms with E-state index in [9.17, 15) is 9.90 Å². The predicted octanol–water partition coefficient (Wildman–Crippen LogP) is 1.08. The molecule has 3 rings (SSSR count). The minimum absolute atomic E-state index is 0.0476. The lowest BCUT2D eigenvalue weighted by atomic mass is 10.1. The van der Waals surface area contributed by atoms with Crippen molar-refractivity contribution in [1.82, 2.24) is 10.3 Å². The number of amides is 1. The molecule has 1 aliphatic heterocycles. The highest BCUT2D eigenvalue weighted by Crippen LogP contribution is 2.38. The minimum atomic E-state index is -0.325. The molecule has 0 aromatic carbocycles. The average molecular weight is 248 g/mol. The van der Waals surface area contributed by atoms with Crippen molar-refractivity contribution in [2.75, 3.05) is 6.61 Å². The number of carbonyl (C=O) groups is 1. The lowest BCUT2D eigenvalue weighted by molar-refractivity contribution is 0.0726. The summed E-state index contributed by atoms with van der Waals surface area (Å²) in [4.78, 5) is 15.9. The van der Waals surface area contributed by atoms with Gasteiger partial charge in [0.15, 0.2) is 5.69 Å². The Morgan fingerprint density at radius 2 is 2.28 bits per heavy atom. The van der Waals surface area contributed by atoms with E-state index in [0.717, 1.165) is 6.42 Å². The van der Waals surface area contributed by atoms with Crippen LogP contribution in [0.4, 0.5) is 0 Å². The monoisotopic (exact) mass is 248 g/mol. The van der Waals surface area contributed by atoms with Gasteiger partial charge in [-0.1, -0.05) is 0 Å². The quantitative estimate of drug-likeness (QED) is 0.839. The Hall–Kier alpha value is -1.62. The maximum Gasteiger partial charge on any atom is 0.274 e. The first kappa shape index (κ1) is 11.5. The summed E-state index contributed by atoms with van der Waals surface area (Å²) in [6, 6.07) is 3.11. The van der Waals surface area contributed by atoms with Gasteiger partial charge in [-0.3, -0.25) is 4.79 Å². The highest BCUT2D eigenvalue weighted by atomic mass is 16.5. The SMILES string of the molecule is O=C(NC1CCOC1C1CC1)c1ncccc1O. The second kappa shape index (κ2) is 4.57. The van der Waals surface area contributed by atoms with Gasteiger partial charge in [-0.25, -0.2) is 4.98 Å². The van der Waals surface area contributed by atoms with Gasteiger partial charge in [0.1, 0.15) is 5.75 Å². The number of aromatic hydroxyl groups is 1. The molecule has 5 heteroatoms. The van der Waals surface area contributed by atoms with Crippen LogP contribution in [0.5, 0.6) is 5.75 Å². The van der Waals surface area contributed by atoms with Crippen LogP contribution in [0.15, 0.2) is 18.3 Å². The molecule has 5 nitrogen and oxygen atoms in total. The summed E-state index contributed by atoms with van der Waals surface area (Å²) in [5, 5.41) is 12.5. The fraction of sp³-hybridized carbons (Fsp3) is 0.538. The van der Waals surface area contributed by atoms with Gasteiger partial charge in [0.2, 0.25) is 0 Å². The van der Waals surface area contributed by atoms with Crippen molar-refractivity contribution >= 4 is 5.91 Å². The molecule has 0 bridgehead atoms. The van der Waals surface area contributed by atoms with Crippen LogP contribution in [0.25, 0.3) is 0 Å². The summed E-state index contributed by atoms with van der Waals surface area (Å²) < 4.78 is 5.66. The number of hydrogen-bond acceptors (Lipinski definition) is 4. The third kappa shape index (κ3) is 2.18. The highest BCUT2D eigenvalue weighted by Gasteiger charge is 2.41. The molecular weight excluding hydrogens is 232 g/mol. The number of carbonyl (C=O) groups excluding carboxylic acids is 1. The number of aromatic nitrogens is 1. The van der Waals surface area contributed by atoms with E-state index >= 15 is 0 Å². The topological polar surface area (TPSA) is 71.5 Å². The van der Waals surface area contributed by atoms with Crippen molar-refractivity contribution in [2.24, 2.45) is 5.92 Å². The minimum Gasteiger partial charge on any atom is -0.505 e. The number of hydrogen-bond donors (Lipinski definition) is 2. The van der Waals surface area contributed by atoms with Crippen molar-refractivity contribution in [3.05, 3.63) is 24.0 Å². The molecule has 1 aliphatic carbocycles. The second-order valence-corrected chi connectivity index (χ2v) is 4.91. The first-order valence-electron chi connectivity index (χ1n) is 6.32. The van der Waals surface area contributed by atoms with E-state index in [-0.39, 0.29) is 29.5 Å². The van der Waals surface area contributed by atoms with E-state index in [1.54, 1.807) is 6.07 Å². The summed E-state index contributed by atoms with van der Waals surface area (Å²) in [5.74, 6) is 0.182. The molecule has 1 amide bonds. The molecule has 1 saturated carbocycles. The lowest BCUT2D eigenvalue weighted by Crippen LogP contribution is -2.41. The summed E-state index contributed by atoms with van der Waals surface area (Å²) >= 11 is 0. The number of rotatable bonds is 3. The maximum atomic E-state index is 12.0. The molecule has 2 heterocycles. The van der Waals surface area contributed by atoms with Crippen LogP contribution in [0, 0.1) is 5.92 Å². The smallest absolute Gasteiger partial charge is 0.274 e. The van der Waals surface area contributed by atoms with Gasteiger partial charge < -0.3 is 15.2 Å².